The molecule has 2 aromatic heterocycles. The van der Waals surface area contributed by atoms with Gasteiger partial charge >= 0.3 is 0 Å². The first-order valence-corrected chi connectivity index (χ1v) is 13.5. The Bertz CT molecular complexity index is 1540. The molecule has 0 atom stereocenters. The van der Waals surface area contributed by atoms with Gasteiger partial charge in [0.05, 0.1) is 32.1 Å². The Kier molecular flexibility index (Phi) is 6.42. The molecule has 0 spiro atoms. The van der Waals surface area contributed by atoms with E-state index in [2.05, 4.69) is 10.3 Å². The van der Waals surface area contributed by atoms with Crippen molar-refractivity contribution in [2.24, 2.45) is 0 Å². The van der Waals surface area contributed by atoms with Gasteiger partial charge in [0.1, 0.15) is 4.90 Å². The summed E-state index contributed by atoms with van der Waals surface area (Å²) >= 11 is 1.52. The molecule has 4 aromatic rings. The van der Waals surface area contributed by atoms with Crippen molar-refractivity contribution in [2.45, 2.75) is 17.9 Å². The van der Waals surface area contributed by atoms with Crippen LogP contribution in [0.4, 0.5) is 5.69 Å². The zero-order chi connectivity index (χ0) is 25.3. The highest BCUT2D eigenvalue weighted by Gasteiger charge is 2.34. The van der Waals surface area contributed by atoms with Crippen LogP contribution in [0.3, 0.4) is 0 Å². The number of nitrogens with zero attached hydrogens (tertiary/aromatic N) is 3. The number of carbonyl (C=O) groups is 1. The Balaban J connectivity index is 1.40. The van der Waals surface area contributed by atoms with Crippen molar-refractivity contribution in [3.63, 3.8) is 0 Å². The number of carbonyl (C=O) groups excluding carboxylic acids is 1. The van der Waals surface area contributed by atoms with Crippen LogP contribution in [0.2, 0.25) is 0 Å². The molecule has 3 heterocycles. The van der Waals surface area contributed by atoms with Crippen LogP contribution < -0.4 is 19.1 Å². The van der Waals surface area contributed by atoms with E-state index in [1.54, 1.807) is 18.2 Å². The Morgan fingerprint density at radius 1 is 1.22 bits per heavy atom. The molecule has 11 heteroatoms. The van der Waals surface area contributed by atoms with Crippen LogP contribution in [0, 0.1) is 0 Å². The minimum atomic E-state index is -3.96. The highest BCUT2D eigenvalue weighted by molar-refractivity contribution is 7.93. The molecule has 36 heavy (non-hydrogen) atoms. The Morgan fingerprint density at radius 2 is 2.06 bits per heavy atom. The monoisotopic (exact) mass is 524 g/mol. The molecule has 186 valence electrons. The topological polar surface area (TPSA) is 102 Å². The fourth-order valence-corrected chi connectivity index (χ4v) is 6.61. The summed E-state index contributed by atoms with van der Waals surface area (Å²) < 4.78 is 41.6. The van der Waals surface area contributed by atoms with E-state index in [1.165, 1.54) is 42.0 Å². The zero-order valence-corrected chi connectivity index (χ0v) is 21.3. The molecule has 0 unspecified atom stereocenters. The Hall–Kier alpha value is -3.83. The number of benzene rings is 2. The lowest BCUT2D eigenvalue weighted by molar-refractivity contribution is -0.116. The van der Waals surface area contributed by atoms with E-state index in [4.69, 9.17) is 9.47 Å². The molecule has 9 nitrogen and oxygen atoms in total. The number of anilines is 1. The van der Waals surface area contributed by atoms with E-state index in [1.807, 2.05) is 40.4 Å². The molecule has 0 saturated heterocycles. The zero-order valence-electron chi connectivity index (χ0n) is 19.7. The molecular formula is C25H24N4O5S2. The summed E-state index contributed by atoms with van der Waals surface area (Å²) in [6, 6.07) is 10.5. The standard InChI is InChI=1S/C25H24N4O5S2/c1-33-21-13-17(7-8-23(30)26-15-19-16-28-11-12-35-25(28)27-19)14-22(24(21)34-2)36(31,32)29-10-9-18-5-3-4-6-20(18)29/h3-8,11-14,16H,9-10,15H2,1-2H3,(H,26,30)/b8-7+. The number of hydrogen-bond acceptors (Lipinski definition) is 7. The fraction of sp³-hybridized carbons (Fsp3) is 0.200. The number of thiazole rings is 1. The molecule has 2 aromatic carbocycles. The van der Waals surface area contributed by atoms with Gasteiger partial charge in [0.2, 0.25) is 5.91 Å². The van der Waals surface area contributed by atoms with Gasteiger partial charge in [0, 0.05) is 30.4 Å². The summed E-state index contributed by atoms with van der Waals surface area (Å²) in [7, 11) is -1.12. The van der Waals surface area contributed by atoms with Gasteiger partial charge in [-0.3, -0.25) is 13.5 Å². The fourth-order valence-electron chi connectivity index (χ4n) is 4.18. The Morgan fingerprint density at radius 3 is 2.83 bits per heavy atom. The maximum Gasteiger partial charge on any atom is 0.268 e. The summed E-state index contributed by atoms with van der Waals surface area (Å²) in [5.74, 6) is 0.0337. The molecular weight excluding hydrogens is 500 g/mol. The Labute approximate surface area is 212 Å². The smallest absolute Gasteiger partial charge is 0.268 e. The number of rotatable bonds is 8. The van der Waals surface area contributed by atoms with Crippen molar-refractivity contribution in [3.8, 4) is 11.5 Å². The molecule has 1 amide bonds. The van der Waals surface area contributed by atoms with E-state index in [-0.39, 0.29) is 28.8 Å². The van der Waals surface area contributed by atoms with Crippen molar-refractivity contribution < 1.29 is 22.7 Å². The van der Waals surface area contributed by atoms with Gasteiger partial charge in [-0.25, -0.2) is 13.4 Å². The molecule has 1 aliphatic rings. The number of nitrogens with one attached hydrogen (secondary N) is 1. The summed E-state index contributed by atoms with van der Waals surface area (Å²) in [6.45, 7) is 0.610. The number of methoxy groups -OCH3 is 2. The molecule has 5 rings (SSSR count). The van der Waals surface area contributed by atoms with Gasteiger partial charge in [0.15, 0.2) is 16.5 Å². The number of hydrogen-bond donors (Lipinski definition) is 1. The number of amides is 1. The van der Waals surface area contributed by atoms with Crippen molar-refractivity contribution in [2.75, 3.05) is 25.1 Å². The van der Waals surface area contributed by atoms with E-state index in [9.17, 15) is 13.2 Å². The van der Waals surface area contributed by atoms with Crippen LogP contribution >= 0.6 is 11.3 Å². The summed E-state index contributed by atoms with van der Waals surface area (Å²) in [4.78, 5) is 17.7. The molecule has 0 aliphatic carbocycles. The van der Waals surface area contributed by atoms with Gasteiger partial charge in [-0.1, -0.05) is 18.2 Å². The number of ether oxygens (including phenoxy) is 2. The minimum Gasteiger partial charge on any atom is -0.493 e. The lowest BCUT2D eigenvalue weighted by Crippen LogP contribution is -2.29. The molecule has 1 N–H and O–H groups in total. The summed E-state index contributed by atoms with van der Waals surface area (Å²) in [5, 5.41) is 4.73. The average molecular weight is 525 g/mol. The summed E-state index contributed by atoms with van der Waals surface area (Å²) in [6.07, 6.45) is 7.28. The van der Waals surface area contributed by atoms with Gasteiger partial charge < -0.3 is 14.8 Å². The number of imidazole rings is 1. The van der Waals surface area contributed by atoms with Crippen LogP contribution in [-0.2, 0) is 27.8 Å². The van der Waals surface area contributed by atoms with E-state index < -0.39 is 10.0 Å². The van der Waals surface area contributed by atoms with E-state index >= 15 is 0 Å². The maximum atomic E-state index is 13.7. The van der Waals surface area contributed by atoms with Gasteiger partial charge in [-0.05, 0) is 41.8 Å². The van der Waals surface area contributed by atoms with Crippen LogP contribution in [0.25, 0.3) is 11.0 Å². The largest absolute Gasteiger partial charge is 0.493 e. The van der Waals surface area contributed by atoms with E-state index in [0.29, 0.717) is 24.2 Å². The number of para-hydroxylation sites is 1. The van der Waals surface area contributed by atoms with Gasteiger partial charge in [-0.15, -0.1) is 11.3 Å². The second-order valence-electron chi connectivity index (χ2n) is 8.09. The molecule has 1 aliphatic heterocycles. The van der Waals surface area contributed by atoms with Gasteiger partial charge in [0.25, 0.3) is 10.0 Å². The van der Waals surface area contributed by atoms with Crippen LogP contribution in [0.15, 0.2) is 65.1 Å². The third-order valence-corrected chi connectivity index (χ3v) is 8.48. The number of aromatic nitrogens is 2. The maximum absolute atomic E-state index is 13.7. The second kappa shape index (κ2) is 9.67. The van der Waals surface area contributed by atoms with Crippen molar-refractivity contribution in [1.29, 1.82) is 0 Å². The third kappa shape index (κ3) is 4.42. The normalized spacial score (nSPS) is 13.3. The minimum absolute atomic E-state index is 0.0285. The first-order chi connectivity index (χ1) is 17.4. The van der Waals surface area contributed by atoms with Crippen LogP contribution in [0.1, 0.15) is 16.8 Å². The summed E-state index contributed by atoms with van der Waals surface area (Å²) in [5.41, 5.74) is 2.85. The molecule has 0 bridgehead atoms. The van der Waals surface area contributed by atoms with Crippen LogP contribution in [-0.4, -0.2) is 44.5 Å². The predicted molar refractivity (Wildman–Crippen MR) is 138 cm³/mol. The lowest BCUT2D eigenvalue weighted by Gasteiger charge is -2.22. The van der Waals surface area contributed by atoms with Gasteiger partial charge in [-0.2, -0.15) is 0 Å². The quantitative estimate of drug-likeness (QED) is 0.354. The predicted octanol–water partition coefficient (Wildman–Crippen LogP) is 3.49. The third-order valence-electron chi connectivity index (χ3n) is 5.89. The number of fused-ring (bicyclic) bond motifs is 2. The second-order valence-corrected chi connectivity index (χ2v) is 10.8. The van der Waals surface area contributed by atoms with Crippen LogP contribution in [0.5, 0.6) is 11.5 Å². The molecule has 0 radical (unpaired) electrons. The first-order valence-electron chi connectivity index (χ1n) is 11.1. The average Bonchev–Trinajstić information content (AvgIpc) is 3.60. The number of sulfonamides is 1. The highest BCUT2D eigenvalue weighted by atomic mass is 32.2. The van der Waals surface area contributed by atoms with E-state index in [0.717, 1.165) is 16.2 Å². The van der Waals surface area contributed by atoms with Crippen molar-refractivity contribution >= 4 is 44.0 Å². The van der Waals surface area contributed by atoms with Crippen molar-refractivity contribution in [3.05, 3.63) is 77.1 Å². The van der Waals surface area contributed by atoms with Crippen molar-refractivity contribution in [1.82, 2.24) is 14.7 Å². The molecule has 0 fully saturated rings. The lowest BCUT2D eigenvalue weighted by atomic mass is 10.2. The first kappa shape index (κ1) is 23.9. The SMILES string of the molecule is COc1cc(/C=C/C(=O)NCc2cn3ccsc3n2)cc(S(=O)(=O)N2CCc3ccccc32)c1OC. The molecule has 0 saturated carbocycles. The highest BCUT2D eigenvalue weighted by Crippen LogP contribution is 2.40.